The molecule has 0 saturated heterocycles. The molecule has 0 saturated carbocycles. The standard InChI is InChI=1S/C16H22O4/c1-6-14(17)19-13-9-11(4)8-12(5)16(13)20-15(18)7-10(2)3/h8-10H,6-7H2,1-5H3. The van der Waals surface area contributed by atoms with Crippen LogP contribution in [0.5, 0.6) is 11.5 Å². The maximum absolute atomic E-state index is 11.8. The van der Waals surface area contributed by atoms with Gasteiger partial charge in [-0.15, -0.1) is 0 Å². The molecule has 0 radical (unpaired) electrons. The summed E-state index contributed by atoms with van der Waals surface area (Å²) in [5.74, 6) is 0.196. The van der Waals surface area contributed by atoms with Gasteiger partial charge in [0.05, 0.1) is 0 Å². The van der Waals surface area contributed by atoms with Crippen LogP contribution in [0.15, 0.2) is 12.1 Å². The fourth-order valence-corrected chi connectivity index (χ4v) is 1.81. The molecule has 0 amide bonds. The Morgan fingerprint density at radius 2 is 1.75 bits per heavy atom. The predicted octanol–water partition coefficient (Wildman–Crippen LogP) is 3.57. The number of hydrogen-bond acceptors (Lipinski definition) is 4. The first-order chi connectivity index (χ1) is 9.33. The maximum Gasteiger partial charge on any atom is 0.311 e. The van der Waals surface area contributed by atoms with Crippen LogP contribution in [0.2, 0.25) is 0 Å². The molecule has 0 atom stereocenters. The van der Waals surface area contributed by atoms with Crippen molar-refractivity contribution in [2.24, 2.45) is 5.92 Å². The first-order valence-corrected chi connectivity index (χ1v) is 6.86. The molecule has 0 unspecified atom stereocenters. The van der Waals surface area contributed by atoms with Crippen molar-refractivity contribution in [3.63, 3.8) is 0 Å². The lowest BCUT2D eigenvalue weighted by atomic mass is 10.1. The van der Waals surface area contributed by atoms with Gasteiger partial charge in [-0.25, -0.2) is 0 Å². The van der Waals surface area contributed by atoms with Gasteiger partial charge in [-0.2, -0.15) is 0 Å². The van der Waals surface area contributed by atoms with Gasteiger partial charge < -0.3 is 9.47 Å². The van der Waals surface area contributed by atoms with E-state index < -0.39 is 0 Å². The molecule has 110 valence electrons. The zero-order valence-electron chi connectivity index (χ0n) is 12.8. The summed E-state index contributed by atoms with van der Waals surface area (Å²) in [5, 5.41) is 0. The second-order valence-corrected chi connectivity index (χ2v) is 5.31. The highest BCUT2D eigenvalue weighted by Crippen LogP contribution is 2.33. The maximum atomic E-state index is 11.8. The third-order valence-corrected chi connectivity index (χ3v) is 2.69. The van der Waals surface area contributed by atoms with E-state index in [0.29, 0.717) is 17.9 Å². The summed E-state index contributed by atoms with van der Waals surface area (Å²) in [6, 6.07) is 3.60. The first kappa shape index (κ1) is 16.2. The van der Waals surface area contributed by atoms with Gasteiger partial charge in [0, 0.05) is 12.8 Å². The molecule has 0 heterocycles. The van der Waals surface area contributed by atoms with Crippen molar-refractivity contribution in [1.29, 1.82) is 0 Å². The normalized spacial score (nSPS) is 10.5. The predicted molar refractivity (Wildman–Crippen MR) is 76.9 cm³/mol. The molecular formula is C16H22O4. The van der Waals surface area contributed by atoms with E-state index >= 15 is 0 Å². The number of aryl methyl sites for hydroxylation is 2. The molecule has 1 rings (SSSR count). The summed E-state index contributed by atoms with van der Waals surface area (Å²) < 4.78 is 10.6. The zero-order valence-corrected chi connectivity index (χ0v) is 12.8. The smallest absolute Gasteiger partial charge is 0.311 e. The molecule has 0 spiro atoms. The minimum atomic E-state index is -0.351. The number of carbonyl (C=O) groups excluding carboxylic acids is 2. The van der Waals surface area contributed by atoms with Crippen LogP contribution in [-0.2, 0) is 9.59 Å². The Bertz CT molecular complexity index is 503. The number of benzene rings is 1. The van der Waals surface area contributed by atoms with Gasteiger partial charge >= 0.3 is 11.9 Å². The minimum Gasteiger partial charge on any atom is -0.423 e. The van der Waals surface area contributed by atoms with Crippen molar-refractivity contribution in [3.05, 3.63) is 23.3 Å². The third-order valence-electron chi connectivity index (χ3n) is 2.69. The van der Waals surface area contributed by atoms with E-state index in [1.165, 1.54) is 0 Å². The fraction of sp³-hybridized carbons (Fsp3) is 0.500. The summed E-state index contributed by atoms with van der Waals surface area (Å²) in [7, 11) is 0. The fourth-order valence-electron chi connectivity index (χ4n) is 1.81. The molecule has 0 N–H and O–H groups in total. The first-order valence-electron chi connectivity index (χ1n) is 6.86. The van der Waals surface area contributed by atoms with E-state index in [1.807, 2.05) is 33.8 Å². The van der Waals surface area contributed by atoms with Crippen LogP contribution in [0.4, 0.5) is 0 Å². The van der Waals surface area contributed by atoms with Crippen LogP contribution in [0, 0.1) is 19.8 Å². The number of carbonyl (C=O) groups is 2. The van der Waals surface area contributed by atoms with Gasteiger partial charge in [-0.1, -0.05) is 26.8 Å². The Kier molecular flexibility index (Phi) is 5.74. The van der Waals surface area contributed by atoms with E-state index in [9.17, 15) is 9.59 Å². The van der Waals surface area contributed by atoms with E-state index in [1.54, 1.807) is 13.0 Å². The summed E-state index contributed by atoms with van der Waals surface area (Å²) >= 11 is 0. The quantitative estimate of drug-likeness (QED) is 0.610. The molecule has 0 aliphatic rings. The number of ether oxygens (including phenoxy) is 2. The van der Waals surface area contributed by atoms with Crippen molar-refractivity contribution in [2.75, 3.05) is 0 Å². The molecule has 0 aliphatic carbocycles. The van der Waals surface area contributed by atoms with Gasteiger partial charge in [-0.05, 0) is 37.0 Å². The molecule has 0 bridgehead atoms. The average molecular weight is 278 g/mol. The average Bonchev–Trinajstić information content (AvgIpc) is 2.32. The van der Waals surface area contributed by atoms with Gasteiger partial charge in [0.1, 0.15) is 0 Å². The lowest BCUT2D eigenvalue weighted by molar-refractivity contribution is -0.137. The van der Waals surface area contributed by atoms with Gasteiger partial charge in [0.15, 0.2) is 11.5 Å². The Balaban J connectivity index is 3.03. The van der Waals surface area contributed by atoms with Crippen LogP contribution >= 0.6 is 0 Å². The molecular weight excluding hydrogens is 256 g/mol. The molecule has 4 heteroatoms. The highest BCUT2D eigenvalue weighted by molar-refractivity contribution is 5.77. The van der Waals surface area contributed by atoms with E-state index in [2.05, 4.69) is 0 Å². The van der Waals surface area contributed by atoms with Gasteiger partial charge in [-0.3, -0.25) is 9.59 Å². The Hall–Kier alpha value is -1.84. The van der Waals surface area contributed by atoms with Crippen molar-refractivity contribution in [2.45, 2.75) is 47.5 Å². The number of esters is 2. The molecule has 0 fully saturated rings. The molecule has 1 aromatic carbocycles. The largest absolute Gasteiger partial charge is 0.423 e. The van der Waals surface area contributed by atoms with Gasteiger partial charge in [0.25, 0.3) is 0 Å². The third kappa shape index (κ3) is 4.68. The molecule has 0 aliphatic heterocycles. The Morgan fingerprint density at radius 3 is 2.30 bits per heavy atom. The summed E-state index contributed by atoms with van der Waals surface area (Å²) in [6.07, 6.45) is 0.598. The van der Waals surface area contributed by atoms with Crippen molar-refractivity contribution in [3.8, 4) is 11.5 Å². The Labute approximate surface area is 120 Å². The minimum absolute atomic E-state index is 0.217. The van der Waals surface area contributed by atoms with Crippen LogP contribution in [0.25, 0.3) is 0 Å². The second-order valence-electron chi connectivity index (χ2n) is 5.31. The Morgan fingerprint density at radius 1 is 1.10 bits per heavy atom. The molecule has 4 nitrogen and oxygen atoms in total. The monoisotopic (exact) mass is 278 g/mol. The zero-order chi connectivity index (χ0) is 15.3. The molecule has 20 heavy (non-hydrogen) atoms. The topological polar surface area (TPSA) is 52.6 Å². The van der Waals surface area contributed by atoms with Crippen LogP contribution in [0.1, 0.15) is 44.7 Å². The van der Waals surface area contributed by atoms with E-state index in [4.69, 9.17) is 9.47 Å². The van der Waals surface area contributed by atoms with Crippen LogP contribution in [-0.4, -0.2) is 11.9 Å². The SMILES string of the molecule is CCC(=O)Oc1cc(C)cc(C)c1OC(=O)CC(C)C. The highest BCUT2D eigenvalue weighted by Gasteiger charge is 2.17. The summed E-state index contributed by atoms with van der Waals surface area (Å²) in [4.78, 5) is 23.3. The second kappa shape index (κ2) is 7.08. The molecule has 0 aromatic heterocycles. The number of hydrogen-bond donors (Lipinski definition) is 0. The highest BCUT2D eigenvalue weighted by atomic mass is 16.6. The van der Waals surface area contributed by atoms with E-state index in [-0.39, 0.29) is 24.3 Å². The van der Waals surface area contributed by atoms with Gasteiger partial charge in [0.2, 0.25) is 0 Å². The molecule has 1 aromatic rings. The van der Waals surface area contributed by atoms with Crippen LogP contribution < -0.4 is 9.47 Å². The van der Waals surface area contributed by atoms with Crippen molar-refractivity contribution in [1.82, 2.24) is 0 Å². The van der Waals surface area contributed by atoms with Crippen LogP contribution in [0.3, 0.4) is 0 Å². The summed E-state index contributed by atoms with van der Waals surface area (Å²) in [6.45, 7) is 9.34. The number of rotatable bonds is 5. The lowest BCUT2D eigenvalue weighted by Gasteiger charge is -2.14. The lowest BCUT2D eigenvalue weighted by Crippen LogP contribution is -2.14. The summed E-state index contributed by atoms with van der Waals surface area (Å²) in [5.41, 5.74) is 1.73. The van der Waals surface area contributed by atoms with E-state index in [0.717, 1.165) is 11.1 Å². The van der Waals surface area contributed by atoms with Crippen molar-refractivity contribution < 1.29 is 19.1 Å². The van der Waals surface area contributed by atoms with Crippen molar-refractivity contribution >= 4 is 11.9 Å².